The van der Waals surface area contributed by atoms with Gasteiger partial charge in [-0.05, 0) is 22.0 Å². The van der Waals surface area contributed by atoms with E-state index in [-0.39, 0.29) is 38.8 Å². The van der Waals surface area contributed by atoms with Gasteiger partial charge in [0.05, 0.1) is 5.56 Å². The van der Waals surface area contributed by atoms with Crippen LogP contribution in [0.2, 0.25) is 0 Å². The molecular formula is C11H7BrFN5O. The van der Waals surface area contributed by atoms with Crippen molar-refractivity contribution in [1.29, 1.82) is 5.26 Å². The summed E-state index contributed by atoms with van der Waals surface area (Å²) in [6.45, 7) is 0. The van der Waals surface area contributed by atoms with Crippen LogP contribution in [-0.2, 0) is 0 Å². The quantitative estimate of drug-likeness (QED) is 0.735. The van der Waals surface area contributed by atoms with E-state index in [1.165, 1.54) is 0 Å². The van der Waals surface area contributed by atoms with Gasteiger partial charge in [0.1, 0.15) is 34.7 Å². The standard InChI is InChI=1S/C11H7BrFN5O/c12-6-1-4(13)2-7(19)8(6)9-5(3-14)10(15)18-11(16)17-9/h1-2,19H,(H4,15,16,17,18). The molecule has 0 bridgehead atoms. The van der Waals surface area contributed by atoms with Gasteiger partial charge in [-0.2, -0.15) is 10.2 Å². The van der Waals surface area contributed by atoms with Gasteiger partial charge in [-0.1, -0.05) is 0 Å². The second kappa shape index (κ2) is 4.70. The molecule has 96 valence electrons. The number of rotatable bonds is 1. The minimum Gasteiger partial charge on any atom is -0.507 e. The molecule has 0 aliphatic carbocycles. The van der Waals surface area contributed by atoms with E-state index in [9.17, 15) is 9.50 Å². The predicted octanol–water partition coefficient (Wildman–Crippen LogP) is 1.79. The summed E-state index contributed by atoms with van der Waals surface area (Å²) in [4.78, 5) is 7.54. The topological polar surface area (TPSA) is 122 Å². The van der Waals surface area contributed by atoms with Crippen LogP contribution in [0.5, 0.6) is 5.75 Å². The van der Waals surface area contributed by atoms with Crippen LogP contribution < -0.4 is 11.5 Å². The van der Waals surface area contributed by atoms with Crippen LogP contribution in [0.15, 0.2) is 16.6 Å². The van der Waals surface area contributed by atoms with E-state index < -0.39 is 5.82 Å². The van der Waals surface area contributed by atoms with Crippen LogP contribution in [0.4, 0.5) is 16.2 Å². The lowest BCUT2D eigenvalue weighted by Crippen LogP contribution is -2.05. The second-order valence-corrected chi connectivity index (χ2v) is 4.44. The third-order valence-electron chi connectivity index (χ3n) is 2.34. The lowest BCUT2D eigenvalue weighted by atomic mass is 10.1. The Kier molecular flexibility index (Phi) is 3.23. The molecule has 2 rings (SSSR count). The molecule has 6 nitrogen and oxygen atoms in total. The SMILES string of the molecule is N#Cc1c(N)nc(N)nc1-c1c(O)cc(F)cc1Br. The Hall–Kier alpha value is -2.40. The van der Waals surface area contributed by atoms with Gasteiger partial charge in [-0.15, -0.1) is 0 Å². The summed E-state index contributed by atoms with van der Waals surface area (Å²) in [5.41, 5.74) is 11.2. The molecule has 0 aliphatic rings. The Morgan fingerprint density at radius 3 is 2.58 bits per heavy atom. The van der Waals surface area contributed by atoms with Gasteiger partial charge < -0.3 is 16.6 Å². The van der Waals surface area contributed by atoms with Crippen LogP contribution in [0.3, 0.4) is 0 Å². The normalized spacial score (nSPS) is 10.2. The van der Waals surface area contributed by atoms with E-state index >= 15 is 0 Å². The minimum atomic E-state index is -0.637. The average molecular weight is 324 g/mol. The van der Waals surface area contributed by atoms with E-state index in [2.05, 4.69) is 25.9 Å². The number of nitriles is 1. The van der Waals surface area contributed by atoms with Crippen molar-refractivity contribution in [2.24, 2.45) is 0 Å². The summed E-state index contributed by atoms with van der Waals surface area (Å²) in [7, 11) is 0. The van der Waals surface area contributed by atoms with Crippen LogP contribution in [0.25, 0.3) is 11.3 Å². The van der Waals surface area contributed by atoms with Crippen molar-refractivity contribution < 1.29 is 9.50 Å². The molecule has 2 aromatic rings. The van der Waals surface area contributed by atoms with E-state index in [4.69, 9.17) is 16.7 Å². The van der Waals surface area contributed by atoms with E-state index in [0.717, 1.165) is 12.1 Å². The summed E-state index contributed by atoms with van der Waals surface area (Å²) < 4.78 is 13.3. The highest BCUT2D eigenvalue weighted by molar-refractivity contribution is 9.10. The molecule has 1 aromatic heterocycles. The number of aromatic nitrogens is 2. The van der Waals surface area contributed by atoms with Gasteiger partial charge in [0.2, 0.25) is 5.95 Å². The molecule has 0 amide bonds. The predicted molar refractivity (Wildman–Crippen MR) is 70.3 cm³/mol. The first-order chi connectivity index (χ1) is 8.93. The first-order valence-corrected chi connectivity index (χ1v) is 5.74. The number of nitrogens with two attached hydrogens (primary N) is 2. The van der Waals surface area contributed by atoms with Gasteiger partial charge in [0.25, 0.3) is 0 Å². The molecule has 0 fully saturated rings. The number of aromatic hydroxyl groups is 1. The Bertz CT molecular complexity index is 690. The zero-order valence-electron chi connectivity index (χ0n) is 9.35. The third kappa shape index (κ3) is 2.28. The molecule has 1 aromatic carbocycles. The minimum absolute atomic E-state index is 0.0388. The Balaban J connectivity index is 2.84. The lowest BCUT2D eigenvalue weighted by molar-refractivity contribution is 0.470. The van der Waals surface area contributed by atoms with Crippen molar-refractivity contribution in [2.45, 2.75) is 0 Å². The molecule has 8 heteroatoms. The first kappa shape index (κ1) is 13.0. The molecule has 1 heterocycles. The Morgan fingerprint density at radius 1 is 1.32 bits per heavy atom. The van der Waals surface area contributed by atoms with Crippen LogP contribution in [-0.4, -0.2) is 15.1 Å². The van der Waals surface area contributed by atoms with Crippen molar-refractivity contribution in [2.75, 3.05) is 11.5 Å². The number of anilines is 2. The van der Waals surface area contributed by atoms with Crippen LogP contribution >= 0.6 is 15.9 Å². The fourth-order valence-corrected chi connectivity index (χ4v) is 2.19. The molecule has 19 heavy (non-hydrogen) atoms. The highest BCUT2D eigenvalue weighted by Crippen LogP contribution is 2.38. The molecule has 0 unspecified atom stereocenters. The maximum atomic E-state index is 13.1. The zero-order chi connectivity index (χ0) is 14.2. The molecule has 5 N–H and O–H groups in total. The van der Waals surface area contributed by atoms with Crippen molar-refractivity contribution in [3.8, 4) is 23.1 Å². The summed E-state index contributed by atoms with van der Waals surface area (Å²) in [6.07, 6.45) is 0. The largest absolute Gasteiger partial charge is 0.507 e. The van der Waals surface area contributed by atoms with E-state index in [0.29, 0.717) is 0 Å². The first-order valence-electron chi connectivity index (χ1n) is 4.95. The number of hydrogen-bond acceptors (Lipinski definition) is 6. The van der Waals surface area contributed by atoms with Crippen LogP contribution in [0.1, 0.15) is 5.56 Å². The molecular weight excluding hydrogens is 317 g/mol. The summed E-state index contributed by atoms with van der Waals surface area (Å²) in [6, 6.07) is 3.86. The number of phenolic OH excluding ortho intramolecular Hbond substituents is 1. The number of phenols is 1. The van der Waals surface area contributed by atoms with Gasteiger partial charge in [0.15, 0.2) is 0 Å². The molecule has 0 saturated carbocycles. The number of hydrogen-bond donors (Lipinski definition) is 3. The molecule has 0 saturated heterocycles. The maximum absolute atomic E-state index is 13.1. The summed E-state index contributed by atoms with van der Waals surface area (Å²) in [5, 5.41) is 18.9. The average Bonchev–Trinajstić information content (AvgIpc) is 2.26. The third-order valence-corrected chi connectivity index (χ3v) is 2.96. The monoisotopic (exact) mass is 323 g/mol. The van der Waals surface area contributed by atoms with Crippen molar-refractivity contribution in [3.05, 3.63) is 28.0 Å². The van der Waals surface area contributed by atoms with E-state index in [1.54, 1.807) is 0 Å². The number of benzene rings is 1. The number of nitrogens with zero attached hydrogens (tertiary/aromatic N) is 3. The molecule has 0 spiro atoms. The van der Waals surface area contributed by atoms with Crippen molar-refractivity contribution >= 4 is 27.7 Å². The number of nitrogen functional groups attached to an aromatic ring is 2. The van der Waals surface area contributed by atoms with Gasteiger partial charge in [-0.25, -0.2) is 9.37 Å². The zero-order valence-corrected chi connectivity index (χ0v) is 10.9. The smallest absolute Gasteiger partial charge is 0.222 e. The fraction of sp³-hybridized carbons (Fsp3) is 0. The Morgan fingerprint density at radius 2 is 2.00 bits per heavy atom. The maximum Gasteiger partial charge on any atom is 0.222 e. The van der Waals surface area contributed by atoms with Gasteiger partial charge in [-0.3, -0.25) is 0 Å². The van der Waals surface area contributed by atoms with Gasteiger partial charge >= 0.3 is 0 Å². The van der Waals surface area contributed by atoms with Crippen molar-refractivity contribution in [3.63, 3.8) is 0 Å². The van der Waals surface area contributed by atoms with Crippen LogP contribution in [0, 0.1) is 17.1 Å². The lowest BCUT2D eigenvalue weighted by Gasteiger charge is -2.10. The summed E-state index contributed by atoms with van der Waals surface area (Å²) in [5.74, 6) is -1.29. The van der Waals surface area contributed by atoms with E-state index in [1.807, 2.05) is 6.07 Å². The number of halogens is 2. The van der Waals surface area contributed by atoms with Crippen molar-refractivity contribution in [1.82, 2.24) is 9.97 Å². The summed E-state index contributed by atoms with van der Waals surface area (Å²) >= 11 is 3.10. The van der Waals surface area contributed by atoms with Gasteiger partial charge in [0, 0.05) is 10.5 Å². The second-order valence-electron chi connectivity index (χ2n) is 3.58. The molecule has 0 atom stereocenters. The fourth-order valence-electron chi connectivity index (χ4n) is 1.58. The highest BCUT2D eigenvalue weighted by Gasteiger charge is 2.19. The highest BCUT2D eigenvalue weighted by atomic mass is 79.9. The Labute approximate surface area is 115 Å². The molecule has 0 aliphatic heterocycles. The molecule has 0 radical (unpaired) electrons.